The van der Waals surface area contributed by atoms with Gasteiger partial charge in [0, 0.05) is 29.6 Å². The van der Waals surface area contributed by atoms with Gasteiger partial charge >= 0.3 is 0 Å². The van der Waals surface area contributed by atoms with Gasteiger partial charge in [-0.25, -0.2) is 4.98 Å². The third-order valence-corrected chi connectivity index (χ3v) is 6.69. The number of rotatable bonds is 6. The highest BCUT2D eigenvalue weighted by Crippen LogP contribution is 2.28. The molecule has 0 unspecified atom stereocenters. The summed E-state index contributed by atoms with van der Waals surface area (Å²) < 4.78 is 2.03. The normalized spacial score (nSPS) is 11.4. The lowest BCUT2D eigenvalue weighted by atomic mass is 10.2. The second kappa shape index (κ2) is 7.19. The molecule has 0 fully saturated rings. The van der Waals surface area contributed by atoms with Crippen molar-refractivity contribution in [3.63, 3.8) is 0 Å². The van der Waals surface area contributed by atoms with Crippen LogP contribution in [0.25, 0.3) is 15.3 Å². The first-order chi connectivity index (χ1) is 12.2. The molecule has 0 aliphatic carbocycles. The van der Waals surface area contributed by atoms with Crippen LogP contribution >= 0.6 is 34.4 Å². The SMILES string of the molecule is Cc1ccc(CSCCNC(=O)c2cc3c(nc4sccn43)s2)cc1. The predicted octanol–water partition coefficient (Wildman–Crippen LogP) is 4.58. The number of thiophene rings is 1. The fraction of sp³-hybridized carbons (Fsp3) is 0.222. The molecule has 1 N–H and O–H groups in total. The standard InChI is InChI=1S/C18H17N3OS3/c1-12-2-4-13(5-3-12)11-23-8-6-19-16(22)15-10-14-17(25-15)20-18-21(14)7-9-24-18/h2-5,7,9-10H,6,8,11H2,1H3,(H,19,22). The molecule has 128 valence electrons. The molecule has 1 aromatic carbocycles. The third kappa shape index (κ3) is 3.58. The van der Waals surface area contributed by atoms with Gasteiger partial charge in [0.05, 0.1) is 10.4 Å². The van der Waals surface area contributed by atoms with Crippen LogP contribution in [0.2, 0.25) is 0 Å². The summed E-state index contributed by atoms with van der Waals surface area (Å²) in [5.41, 5.74) is 3.62. The Morgan fingerprint density at radius 3 is 3.00 bits per heavy atom. The van der Waals surface area contributed by atoms with Gasteiger partial charge in [-0.1, -0.05) is 29.8 Å². The second-order valence-electron chi connectivity index (χ2n) is 5.76. The largest absolute Gasteiger partial charge is 0.351 e. The van der Waals surface area contributed by atoms with E-state index in [1.54, 1.807) is 11.3 Å². The van der Waals surface area contributed by atoms with Gasteiger partial charge in [0.1, 0.15) is 4.83 Å². The third-order valence-electron chi connectivity index (χ3n) is 3.88. The Hall–Kier alpha value is -1.83. The van der Waals surface area contributed by atoms with E-state index >= 15 is 0 Å². The van der Waals surface area contributed by atoms with E-state index in [0.717, 1.165) is 31.7 Å². The molecular formula is C18H17N3OS3. The molecule has 1 amide bonds. The Balaban J connectivity index is 1.28. The van der Waals surface area contributed by atoms with Crippen molar-refractivity contribution in [3.8, 4) is 0 Å². The highest BCUT2D eigenvalue weighted by molar-refractivity contribution is 7.98. The van der Waals surface area contributed by atoms with Crippen molar-refractivity contribution in [2.45, 2.75) is 12.7 Å². The quantitative estimate of drug-likeness (QED) is 0.493. The van der Waals surface area contributed by atoms with E-state index in [1.165, 1.54) is 22.5 Å². The Bertz CT molecular complexity index is 1010. The zero-order valence-corrected chi connectivity index (χ0v) is 16.1. The summed E-state index contributed by atoms with van der Waals surface area (Å²) in [6, 6.07) is 10.5. The fourth-order valence-corrected chi connectivity index (χ4v) is 5.09. The number of aryl methyl sites for hydroxylation is 1. The lowest BCUT2D eigenvalue weighted by molar-refractivity contribution is 0.0960. The first-order valence-electron chi connectivity index (χ1n) is 7.97. The van der Waals surface area contributed by atoms with Gasteiger partial charge in [-0.15, -0.1) is 22.7 Å². The zero-order valence-electron chi connectivity index (χ0n) is 13.7. The number of thiazole rings is 1. The molecule has 4 nitrogen and oxygen atoms in total. The van der Waals surface area contributed by atoms with Crippen molar-refractivity contribution in [2.24, 2.45) is 0 Å². The Morgan fingerprint density at radius 1 is 1.32 bits per heavy atom. The lowest BCUT2D eigenvalue weighted by Gasteiger charge is -2.04. The number of nitrogens with one attached hydrogen (secondary N) is 1. The molecule has 0 bridgehead atoms. The van der Waals surface area contributed by atoms with Crippen LogP contribution in [-0.4, -0.2) is 27.6 Å². The fourth-order valence-electron chi connectivity index (χ4n) is 2.56. The number of hydrogen-bond acceptors (Lipinski definition) is 5. The number of amides is 1. The number of fused-ring (bicyclic) bond motifs is 3. The zero-order chi connectivity index (χ0) is 17.2. The minimum Gasteiger partial charge on any atom is -0.351 e. The van der Waals surface area contributed by atoms with Crippen LogP contribution in [-0.2, 0) is 5.75 Å². The van der Waals surface area contributed by atoms with Crippen molar-refractivity contribution in [3.05, 3.63) is 57.9 Å². The van der Waals surface area contributed by atoms with Crippen molar-refractivity contribution in [1.82, 2.24) is 14.7 Å². The summed E-state index contributed by atoms with van der Waals surface area (Å²) in [6.45, 7) is 2.77. The van der Waals surface area contributed by atoms with Crippen LogP contribution in [0.1, 0.15) is 20.8 Å². The minimum absolute atomic E-state index is 0.0112. The highest BCUT2D eigenvalue weighted by atomic mass is 32.2. The lowest BCUT2D eigenvalue weighted by Crippen LogP contribution is -2.24. The van der Waals surface area contributed by atoms with Crippen LogP contribution in [0, 0.1) is 6.92 Å². The summed E-state index contributed by atoms with van der Waals surface area (Å²) in [5.74, 6) is 1.86. The molecule has 0 spiro atoms. The molecule has 4 rings (SSSR count). The molecule has 0 saturated carbocycles. The molecule has 0 saturated heterocycles. The van der Waals surface area contributed by atoms with E-state index in [9.17, 15) is 4.79 Å². The summed E-state index contributed by atoms with van der Waals surface area (Å²) in [6.07, 6.45) is 1.99. The average molecular weight is 388 g/mol. The number of hydrogen-bond donors (Lipinski definition) is 1. The van der Waals surface area contributed by atoms with Crippen LogP contribution in [0.5, 0.6) is 0 Å². The van der Waals surface area contributed by atoms with E-state index < -0.39 is 0 Å². The van der Waals surface area contributed by atoms with E-state index in [2.05, 4.69) is 41.5 Å². The first-order valence-corrected chi connectivity index (χ1v) is 10.8. The van der Waals surface area contributed by atoms with Crippen molar-refractivity contribution in [1.29, 1.82) is 0 Å². The molecule has 0 aliphatic heterocycles. The number of benzene rings is 1. The summed E-state index contributed by atoms with van der Waals surface area (Å²) >= 11 is 4.89. The predicted molar refractivity (Wildman–Crippen MR) is 108 cm³/mol. The second-order valence-corrected chi connectivity index (χ2v) is 8.77. The molecule has 3 aromatic heterocycles. The molecule has 0 aliphatic rings. The van der Waals surface area contributed by atoms with Gasteiger partial charge in [-0.05, 0) is 18.6 Å². The summed E-state index contributed by atoms with van der Waals surface area (Å²) in [4.78, 5) is 19.5. The highest BCUT2D eigenvalue weighted by Gasteiger charge is 2.14. The van der Waals surface area contributed by atoms with Gasteiger partial charge in [0.25, 0.3) is 5.91 Å². The minimum atomic E-state index is -0.0112. The number of nitrogens with zero attached hydrogens (tertiary/aromatic N) is 2. The van der Waals surface area contributed by atoms with Crippen LogP contribution < -0.4 is 5.32 Å². The maximum atomic E-state index is 12.3. The van der Waals surface area contributed by atoms with Gasteiger partial charge in [0.2, 0.25) is 0 Å². The summed E-state index contributed by atoms with van der Waals surface area (Å²) in [5, 5.41) is 5.01. The van der Waals surface area contributed by atoms with Gasteiger partial charge in [-0.2, -0.15) is 11.8 Å². The first kappa shape index (κ1) is 16.6. The van der Waals surface area contributed by atoms with Crippen molar-refractivity contribution < 1.29 is 4.79 Å². The molecule has 25 heavy (non-hydrogen) atoms. The Morgan fingerprint density at radius 2 is 2.16 bits per heavy atom. The smallest absolute Gasteiger partial charge is 0.261 e. The molecule has 7 heteroatoms. The van der Waals surface area contributed by atoms with Gasteiger partial charge < -0.3 is 5.32 Å². The topological polar surface area (TPSA) is 46.4 Å². The Labute approximate surface area is 157 Å². The molecule has 0 radical (unpaired) electrons. The van der Waals surface area contributed by atoms with E-state index in [4.69, 9.17) is 0 Å². The number of imidazole rings is 1. The molecule has 3 heterocycles. The monoisotopic (exact) mass is 387 g/mol. The molecule has 0 atom stereocenters. The average Bonchev–Trinajstić information content (AvgIpc) is 3.28. The van der Waals surface area contributed by atoms with Crippen molar-refractivity contribution in [2.75, 3.05) is 12.3 Å². The van der Waals surface area contributed by atoms with Gasteiger partial charge in [-0.3, -0.25) is 9.20 Å². The molecular weight excluding hydrogens is 370 g/mol. The van der Waals surface area contributed by atoms with E-state index in [1.807, 2.05) is 33.8 Å². The Kier molecular flexibility index (Phi) is 4.78. The molecule has 4 aromatic rings. The number of carbonyl (C=O) groups excluding carboxylic acids is 1. The van der Waals surface area contributed by atoms with E-state index in [-0.39, 0.29) is 5.91 Å². The summed E-state index contributed by atoms with van der Waals surface area (Å²) in [7, 11) is 0. The number of thioether (sulfide) groups is 1. The van der Waals surface area contributed by atoms with Crippen LogP contribution in [0.3, 0.4) is 0 Å². The van der Waals surface area contributed by atoms with Crippen LogP contribution in [0.15, 0.2) is 41.9 Å². The van der Waals surface area contributed by atoms with Gasteiger partial charge in [0.15, 0.2) is 4.96 Å². The maximum Gasteiger partial charge on any atom is 0.261 e. The van der Waals surface area contributed by atoms with E-state index in [0.29, 0.717) is 6.54 Å². The number of carbonyl (C=O) groups is 1. The van der Waals surface area contributed by atoms with Crippen LogP contribution in [0.4, 0.5) is 0 Å². The maximum absolute atomic E-state index is 12.3. The van der Waals surface area contributed by atoms with Crippen molar-refractivity contribution >= 4 is 55.7 Å². The number of aromatic nitrogens is 2.